The van der Waals surface area contributed by atoms with E-state index in [2.05, 4.69) is 20.0 Å². The molecule has 0 aliphatic rings. The minimum absolute atomic E-state index is 0.0572. The Morgan fingerprint density at radius 2 is 1.54 bits per heavy atom. The van der Waals surface area contributed by atoms with E-state index in [0.29, 0.717) is 17.1 Å². The summed E-state index contributed by atoms with van der Waals surface area (Å²) in [6.07, 6.45) is 0. The van der Waals surface area contributed by atoms with Crippen LogP contribution < -0.4 is 15.8 Å². The van der Waals surface area contributed by atoms with Crippen molar-refractivity contribution in [1.82, 2.24) is 9.97 Å². The van der Waals surface area contributed by atoms with E-state index in [-0.39, 0.29) is 10.8 Å². The zero-order valence-electron chi connectivity index (χ0n) is 14.4. The minimum atomic E-state index is -3.77. The Morgan fingerprint density at radius 3 is 2.15 bits per heavy atom. The third-order valence-corrected chi connectivity index (χ3v) is 4.96. The Balaban J connectivity index is 1.79. The molecule has 0 spiro atoms. The number of para-hydroxylation sites is 2. The molecule has 134 valence electrons. The van der Waals surface area contributed by atoms with Gasteiger partial charge in [-0.3, -0.25) is 0 Å². The second kappa shape index (κ2) is 7.01. The summed E-state index contributed by atoms with van der Waals surface area (Å²) in [7, 11) is -3.77. The van der Waals surface area contributed by atoms with Crippen LogP contribution in [0.2, 0.25) is 0 Å². The van der Waals surface area contributed by atoms with Gasteiger partial charge in [-0.2, -0.15) is 0 Å². The second-order valence-corrected chi connectivity index (χ2v) is 7.50. The van der Waals surface area contributed by atoms with Crippen LogP contribution in [0.25, 0.3) is 0 Å². The topological polar surface area (TPSA) is 110 Å². The molecule has 26 heavy (non-hydrogen) atoms. The lowest BCUT2D eigenvalue weighted by molar-refractivity contribution is 0.601. The summed E-state index contributed by atoms with van der Waals surface area (Å²) in [6, 6.07) is 15.5. The monoisotopic (exact) mass is 369 g/mol. The van der Waals surface area contributed by atoms with Crippen LogP contribution in [0.15, 0.2) is 59.5 Å². The van der Waals surface area contributed by atoms with Gasteiger partial charge in [0, 0.05) is 17.1 Å². The average Bonchev–Trinajstić information content (AvgIpc) is 2.56. The molecule has 0 aliphatic carbocycles. The lowest BCUT2D eigenvalue weighted by atomic mass is 10.2. The predicted molar refractivity (Wildman–Crippen MR) is 103 cm³/mol. The van der Waals surface area contributed by atoms with Crippen LogP contribution >= 0.6 is 0 Å². The Hall–Kier alpha value is -3.13. The van der Waals surface area contributed by atoms with Gasteiger partial charge in [-0.1, -0.05) is 12.1 Å². The Labute approximate surface area is 152 Å². The molecule has 0 saturated heterocycles. The molecule has 0 amide bonds. The van der Waals surface area contributed by atoms with Gasteiger partial charge in [-0.25, -0.2) is 23.1 Å². The van der Waals surface area contributed by atoms with Crippen LogP contribution in [0.1, 0.15) is 11.4 Å². The average molecular weight is 369 g/mol. The van der Waals surface area contributed by atoms with E-state index in [1.807, 2.05) is 18.2 Å². The molecule has 3 aromatic rings. The van der Waals surface area contributed by atoms with E-state index in [4.69, 9.17) is 5.73 Å². The smallest absolute Gasteiger partial charge is 0.264 e. The lowest BCUT2D eigenvalue weighted by Crippen LogP contribution is -2.15. The molecule has 4 N–H and O–H groups in total. The lowest BCUT2D eigenvalue weighted by Gasteiger charge is -2.11. The highest BCUT2D eigenvalue weighted by atomic mass is 32.2. The largest absolute Gasteiger partial charge is 0.397 e. The molecular weight excluding hydrogens is 350 g/mol. The third kappa shape index (κ3) is 4.09. The van der Waals surface area contributed by atoms with Gasteiger partial charge in [0.25, 0.3) is 10.0 Å². The highest BCUT2D eigenvalue weighted by Gasteiger charge is 2.16. The molecule has 1 heterocycles. The summed E-state index contributed by atoms with van der Waals surface area (Å²) in [5, 5.41) is 3.15. The number of hydrogen-bond acceptors (Lipinski definition) is 6. The Kier molecular flexibility index (Phi) is 4.77. The molecule has 0 unspecified atom stereocenters. The molecule has 8 heteroatoms. The first-order valence-corrected chi connectivity index (χ1v) is 9.38. The van der Waals surface area contributed by atoms with Crippen molar-refractivity contribution in [3.8, 4) is 0 Å². The standard InChI is InChI=1S/C18H19N5O2S/c1-12-11-13(2)21-18(20-12)23-26(24,25)15-9-7-14(8-10-15)22-17-6-4-3-5-16(17)19/h3-11,22H,19H2,1-2H3,(H,20,21,23). The van der Waals surface area contributed by atoms with Crippen LogP contribution in [0.5, 0.6) is 0 Å². The molecule has 0 radical (unpaired) electrons. The van der Waals surface area contributed by atoms with E-state index in [1.165, 1.54) is 12.1 Å². The molecule has 1 aromatic heterocycles. The van der Waals surface area contributed by atoms with Gasteiger partial charge in [0.1, 0.15) is 0 Å². The molecule has 0 aliphatic heterocycles. The fraction of sp³-hybridized carbons (Fsp3) is 0.111. The van der Waals surface area contributed by atoms with E-state index < -0.39 is 10.0 Å². The van der Waals surface area contributed by atoms with E-state index in [0.717, 1.165) is 11.4 Å². The van der Waals surface area contributed by atoms with Crippen LogP contribution in [-0.4, -0.2) is 18.4 Å². The van der Waals surface area contributed by atoms with Gasteiger partial charge < -0.3 is 11.1 Å². The summed E-state index contributed by atoms with van der Waals surface area (Å²) >= 11 is 0. The fourth-order valence-electron chi connectivity index (χ4n) is 2.43. The first-order chi connectivity index (χ1) is 12.3. The zero-order chi connectivity index (χ0) is 18.7. The number of aromatic nitrogens is 2. The van der Waals surface area contributed by atoms with Gasteiger partial charge in [-0.05, 0) is 56.3 Å². The molecule has 0 bridgehead atoms. The number of nitrogens with zero attached hydrogens (tertiary/aromatic N) is 2. The van der Waals surface area contributed by atoms with Gasteiger partial charge in [0.15, 0.2) is 0 Å². The maximum atomic E-state index is 12.5. The maximum absolute atomic E-state index is 12.5. The molecule has 0 saturated carbocycles. The fourth-order valence-corrected chi connectivity index (χ4v) is 3.38. The number of rotatable bonds is 5. The molecule has 0 fully saturated rings. The number of nitrogens with one attached hydrogen (secondary N) is 2. The number of hydrogen-bond donors (Lipinski definition) is 3. The van der Waals surface area contributed by atoms with Gasteiger partial charge in [-0.15, -0.1) is 0 Å². The van der Waals surface area contributed by atoms with E-state index >= 15 is 0 Å². The summed E-state index contributed by atoms with van der Waals surface area (Å²) < 4.78 is 27.4. The van der Waals surface area contributed by atoms with Crippen LogP contribution in [0, 0.1) is 13.8 Å². The zero-order valence-corrected chi connectivity index (χ0v) is 15.2. The van der Waals surface area contributed by atoms with Crippen molar-refractivity contribution >= 4 is 33.0 Å². The predicted octanol–water partition coefficient (Wildman–Crippen LogP) is 3.22. The molecular formula is C18H19N5O2S. The number of nitrogen functional groups attached to an aromatic ring is 1. The summed E-state index contributed by atoms with van der Waals surface area (Å²) in [6.45, 7) is 3.56. The minimum Gasteiger partial charge on any atom is -0.397 e. The van der Waals surface area contributed by atoms with Crippen molar-refractivity contribution in [2.75, 3.05) is 15.8 Å². The SMILES string of the molecule is Cc1cc(C)nc(NS(=O)(=O)c2ccc(Nc3ccccc3N)cc2)n1. The van der Waals surface area contributed by atoms with Crippen molar-refractivity contribution in [3.05, 3.63) is 66.0 Å². The Morgan fingerprint density at radius 1 is 0.923 bits per heavy atom. The van der Waals surface area contributed by atoms with E-state index in [1.54, 1.807) is 38.1 Å². The van der Waals surface area contributed by atoms with Gasteiger partial charge in [0.05, 0.1) is 16.3 Å². The van der Waals surface area contributed by atoms with Gasteiger partial charge in [0.2, 0.25) is 5.95 Å². The third-order valence-electron chi connectivity index (χ3n) is 3.61. The van der Waals surface area contributed by atoms with Crippen molar-refractivity contribution in [3.63, 3.8) is 0 Å². The second-order valence-electron chi connectivity index (χ2n) is 5.82. The van der Waals surface area contributed by atoms with E-state index in [9.17, 15) is 8.42 Å². The Bertz CT molecular complexity index is 1010. The van der Waals surface area contributed by atoms with Crippen molar-refractivity contribution < 1.29 is 8.42 Å². The van der Waals surface area contributed by atoms with Crippen molar-refractivity contribution in [2.45, 2.75) is 18.7 Å². The van der Waals surface area contributed by atoms with Crippen molar-refractivity contribution in [1.29, 1.82) is 0 Å². The molecule has 0 atom stereocenters. The first kappa shape index (κ1) is 17.7. The van der Waals surface area contributed by atoms with Crippen LogP contribution in [0.3, 0.4) is 0 Å². The number of nitrogens with two attached hydrogens (primary N) is 1. The summed E-state index contributed by atoms with van der Waals surface area (Å²) in [4.78, 5) is 8.32. The summed E-state index contributed by atoms with van der Waals surface area (Å²) in [5.74, 6) is 0.0572. The van der Waals surface area contributed by atoms with Crippen LogP contribution in [-0.2, 0) is 10.0 Å². The number of anilines is 4. The summed E-state index contributed by atoms with van der Waals surface area (Å²) in [5.41, 5.74) is 9.37. The number of benzene rings is 2. The van der Waals surface area contributed by atoms with Crippen molar-refractivity contribution in [2.24, 2.45) is 0 Å². The first-order valence-electron chi connectivity index (χ1n) is 7.90. The molecule has 3 rings (SSSR count). The van der Waals surface area contributed by atoms with Crippen LogP contribution in [0.4, 0.5) is 23.0 Å². The highest BCUT2D eigenvalue weighted by Crippen LogP contribution is 2.24. The molecule has 7 nitrogen and oxygen atoms in total. The maximum Gasteiger partial charge on any atom is 0.264 e. The normalized spacial score (nSPS) is 11.2. The highest BCUT2D eigenvalue weighted by molar-refractivity contribution is 7.92. The van der Waals surface area contributed by atoms with Gasteiger partial charge >= 0.3 is 0 Å². The number of aryl methyl sites for hydroxylation is 2. The quantitative estimate of drug-likeness (QED) is 0.596. The number of sulfonamides is 1. The molecule has 2 aromatic carbocycles.